The zero-order chi connectivity index (χ0) is 11.5. The molecular formula is C11H10O5. The van der Waals surface area contributed by atoms with Crippen molar-refractivity contribution in [3.63, 3.8) is 0 Å². The van der Waals surface area contributed by atoms with Crippen LogP contribution in [0.15, 0.2) is 18.2 Å². The SMILES string of the molecule is CC(=O)OCC(=O)c1ccc2c(c1)OCO2. The molecule has 0 saturated carbocycles. The smallest absolute Gasteiger partial charge is 0.303 e. The fraction of sp³-hybridized carbons (Fsp3) is 0.273. The molecular weight excluding hydrogens is 212 g/mol. The summed E-state index contributed by atoms with van der Waals surface area (Å²) in [5.74, 6) is 0.403. The molecule has 1 heterocycles. The second-order valence-electron chi connectivity index (χ2n) is 3.27. The average molecular weight is 222 g/mol. The van der Waals surface area contributed by atoms with Crippen molar-refractivity contribution in [2.45, 2.75) is 6.92 Å². The molecule has 0 fully saturated rings. The highest BCUT2D eigenvalue weighted by Crippen LogP contribution is 2.32. The first kappa shape index (κ1) is 10.5. The fourth-order valence-corrected chi connectivity index (χ4v) is 1.32. The van der Waals surface area contributed by atoms with Crippen LogP contribution in [0.25, 0.3) is 0 Å². The summed E-state index contributed by atoms with van der Waals surface area (Å²) < 4.78 is 14.9. The Morgan fingerprint density at radius 1 is 1.31 bits per heavy atom. The lowest BCUT2D eigenvalue weighted by Crippen LogP contribution is -2.11. The van der Waals surface area contributed by atoms with Gasteiger partial charge in [-0.2, -0.15) is 0 Å². The van der Waals surface area contributed by atoms with E-state index in [1.54, 1.807) is 18.2 Å². The predicted octanol–water partition coefficient (Wildman–Crippen LogP) is 1.16. The summed E-state index contributed by atoms with van der Waals surface area (Å²) in [4.78, 5) is 22.1. The van der Waals surface area contributed by atoms with Gasteiger partial charge >= 0.3 is 5.97 Å². The topological polar surface area (TPSA) is 61.8 Å². The molecule has 5 heteroatoms. The van der Waals surface area contributed by atoms with E-state index in [0.29, 0.717) is 17.1 Å². The van der Waals surface area contributed by atoms with E-state index in [4.69, 9.17) is 9.47 Å². The van der Waals surface area contributed by atoms with E-state index in [2.05, 4.69) is 4.74 Å². The van der Waals surface area contributed by atoms with E-state index in [1.807, 2.05) is 0 Å². The highest BCUT2D eigenvalue weighted by atomic mass is 16.7. The van der Waals surface area contributed by atoms with E-state index in [9.17, 15) is 9.59 Å². The minimum atomic E-state index is -0.478. The number of hydrogen-bond donors (Lipinski definition) is 0. The highest BCUT2D eigenvalue weighted by Gasteiger charge is 2.16. The second kappa shape index (κ2) is 4.22. The number of hydrogen-bond acceptors (Lipinski definition) is 5. The molecule has 0 saturated heterocycles. The van der Waals surface area contributed by atoms with Crippen LogP contribution in [0.2, 0.25) is 0 Å². The molecule has 1 aliphatic rings. The van der Waals surface area contributed by atoms with Crippen LogP contribution in [0.5, 0.6) is 11.5 Å². The minimum Gasteiger partial charge on any atom is -0.457 e. The largest absolute Gasteiger partial charge is 0.457 e. The lowest BCUT2D eigenvalue weighted by Gasteiger charge is -2.02. The van der Waals surface area contributed by atoms with Crippen LogP contribution < -0.4 is 9.47 Å². The van der Waals surface area contributed by atoms with E-state index in [-0.39, 0.29) is 19.2 Å². The van der Waals surface area contributed by atoms with Gasteiger partial charge in [-0.3, -0.25) is 9.59 Å². The number of carbonyl (C=O) groups excluding carboxylic acids is 2. The van der Waals surface area contributed by atoms with E-state index in [1.165, 1.54) is 6.92 Å². The molecule has 0 N–H and O–H groups in total. The third-order valence-electron chi connectivity index (χ3n) is 2.10. The van der Waals surface area contributed by atoms with E-state index < -0.39 is 5.97 Å². The van der Waals surface area contributed by atoms with Crippen molar-refractivity contribution in [3.05, 3.63) is 23.8 Å². The van der Waals surface area contributed by atoms with Gasteiger partial charge in [0, 0.05) is 12.5 Å². The van der Waals surface area contributed by atoms with E-state index >= 15 is 0 Å². The molecule has 0 aromatic heterocycles. The van der Waals surface area contributed by atoms with Gasteiger partial charge < -0.3 is 14.2 Å². The zero-order valence-electron chi connectivity index (χ0n) is 8.69. The number of benzene rings is 1. The summed E-state index contributed by atoms with van der Waals surface area (Å²) in [5.41, 5.74) is 0.436. The molecule has 0 spiro atoms. The molecule has 0 amide bonds. The third-order valence-corrected chi connectivity index (χ3v) is 2.10. The monoisotopic (exact) mass is 222 g/mol. The summed E-state index contributed by atoms with van der Waals surface area (Å²) in [6.45, 7) is 1.17. The van der Waals surface area contributed by atoms with Gasteiger partial charge in [0.1, 0.15) is 0 Å². The van der Waals surface area contributed by atoms with Gasteiger partial charge in [0.05, 0.1) is 0 Å². The second-order valence-corrected chi connectivity index (χ2v) is 3.27. The van der Waals surface area contributed by atoms with Crippen molar-refractivity contribution >= 4 is 11.8 Å². The lowest BCUT2D eigenvalue weighted by atomic mass is 10.1. The maximum atomic E-state index is 11.6. The number of Topliss-reactive ketones (excluding diaryl/α,β-unsaturated/α-hetero) is 1. The summed E-state index contributed by atoms with van der Waals surface area (Å²) in [5, 5.41) is 0. The highest BCUT2D eigenvalue weighted by molar-refractivity contribution is 5.98. The van der Waals surface area contributed by atoms with Crippen LogP contribution in [-0.4, -0.2) is 25.2 Å². The fourth-order valence-electron chi connectivity index (χ4n) is 1.32. The molecule has 0 bridgehead atoms. The summed E-state index contributed by atoms with van der Waals surface area (Å²) in [6, 6.07) is 4.84. The Hall–Kier alpha value is -2.04. The summed E-state index contributed by atoms with van der Waals surface area (Å²) in [7, 11) is 0. The van der Waals surface area contributed by atoms with Gasteiger partial charge in [-0.15, -0.1) is 0 Å². The van der Waals surface area contributed by atoms with Crippen LogP contribution in [-0.2, 0) is 9.53 Å². The molecule has 0 atom stereocenters. The Kier molecular flexibility index (Phi) is 2.76. The van der Waals surface area contributed by atoms with Crippen molar-refractivity contribution < 1.29 is 23.8 Å². The molecule has 84 valence electrons. The average Bonchev–Trinajstić information content (AvgIpc) is 2.72. The Bertz CT molecular complexity index is 438. The number of esters is 1. The number of carbonyl (C=O) groups is 2. The predicted molar refractivity (Wildman–Crippen MR) is 53.5 cm³/mol. The Balaban J connectivity index is 2.09. The molecule has 1 aromatic rings. The number of ketones is 1. The standard InChI is InChI=1S/C11H10O5/c1-7(12)14-5-9(13)8-2-3-10-11(4-8)16-6-15-10/h2-4H,5-6H2,1H3. The Labute approximate surface area is 91.9 Å². The van der Waals surface area contributed by atoms with Crippen LogP contribution in [0.1, 0.15) is 17.3 Å². The molecule has 16 heavy (non-hydrogen) atoms. The first-order chi connectivity index (χ1) is 7.66. The van der Waals surface area contributed by atoms with Gasteiger partial charge in [0.25, 0.3) is 0 Å². The van der Waals surface area contributed by atoms with Crippen molar-refractivity contribution in [2.75, 3.05) is 13.4 Å². The summed E-state index contributed by atoms with van der Waals surface area (Å²) in [6.07, 6.45) is 0. The summed E-state index contributed by atoms with van der Waals surface area (Å²) >= 11 is 0. The van der Waals surface area contributed by atoms with Gasteiger partial charge in [-0.1, -0.05) is 0 Å². The first-order valence-corrected chi connectivity index (χ1v) is 4.73. The minimum absolute atomic E-state index is 0.164. The van der Waals surface area contributed by atoms with Crippen molar-refractivity contribution in [2.24, 2.45) is 0 Å². The molecule has 1 aliphatic heterocycles. The van der Waals surface area contributed by atoms with Gasteiger partial charge in [-0.25, -0.2) is 0 Å². The Morgan fingerprint density at radius 2 is 2.06 bits per heavy atom. The van der Waals surface area contributed by atoms with Gasteiger partial charge in [0.2, 0.25) is 6.79 Å². The molecule has 5 nitrogen and oxygen atoms in total. The molecule has 1 aromatic carbocycles. The maximum absolute atomic E-state index is 11.6. The van der Waals surface area contributed by atoms with Crippen LogP contribution >= 0.6 is 0 Å². The Morgan fingerprint density at radius 3 is 2.81 bits per heavy atom. The third kappa shape index (κ3) is 2.13. The number of ether oxygens (including phenoxy) is 3. The van der Waals surface area contributed by atoms with Crippen LogP contribution in [0.4, 0.5) is 0 Å². The zero-order valence-corrected chi connectivity index (χ0v) is 8.69. The van der Waals surface area contributed by atoms with Crippen molar-refractivity contribution in [1.82, 2.24) is 0 Å². The number of fused-ring (bicyclic) bond motifs is 1. The first-order valence-electron chi connectivity index (χ1n) is 4.73. The van der Waals surface area contributed by atoms with Crippen molar-refractivity contribution in [1.29, 1.82) is 0 Å². The van der Waals surface area contributed by atoms with Gasteiger partial charge in [-0.05, 0) is 18.2 Å². The number of rotatable bonds is 3. The lowest BCUT2D eigenvalue weighted by molar-refractivity contribution is -0.139. The van der Waals surface area contributed by atoms with E-state index in [0.717, 1.165) is 0 Å². The molecule has 0 radical (unpaired) electrons. The quantitative estimate of drug-likeness (QED) is 0.567. The normalized spacial score (nSPS) is 12.3. The molecule has 0 aliphatic carbocycles. The molecule has 0 unspecified atom stereocenters. The van der Waals surface area contributed by atoms with Crippen molar-refractivity contribution in [3.8, 4) is 11.5 Å². The molecule has 2 rings (SSSR count). The maximum Gasteiger partial charge on any atom is 0.303 e. The van der Waals surface area contributed by atoms with Gasteiger partial charge in [0.15, 0.2) is 23.9 Å². The van der Waals surface area contributed by atoms with Crippen LogP contribution in [0.3, 0.4) is 0 Å². The van der Waals surface area contributed by atoms with Crippen LogP contribution in [0, 0.1) is 0 Å².